The first-order valence-electron chi connectivity index (χ1n) is 9.15. The van der Waals surface area contributed by atoms with E-state index in [9.17, 15) is 18.0 Å². The number of rotatable bonds is 3. The van der Waals surface area contributed by atoms with Crippen LogP contribution in [0, 0.1) is 13.8 Å². The predicted octanol–water partition coefficient (Wildman–Crippen LogP) is 5.43. The van der Waals surface area contributed by atoms with Crippen molar-refractivity contribution < 1.29 is 22.5 Å². The van der Waals surface area contributed by atoms with Gasteiger partial charge in [0, 0.05) is 11.3 Å². The molecule has 1 N–H and O–H groups in total. The highest BCUT2D eigenvalue weighted by atomic mass is 19.4. The molecule has 0 radical (unpaired) electrons. The molecule has 1 aromatic heterocycles. The minimum Gasteiger partial charge on any atom is -0.361 e. The van der Waals surface area contributed by atoms with Crippen molar-refractivity contribution in [2.75, 3.05) is 5.32 Å². The van der Waals surface area contributed by atoms with Crippen molar-refractivity contribution >= 4 is 11.6 Å². The second-order valence-corrected chi connectivity index (χ2v) is 7.60. The molecule has 1 aliphatic rings. The summed E-state index contributed by atoms with van der Waals surface area (Å²) in [6.45, 7) is 5.45. The number of nitrogens with one attached hydrogen (secondary N) is 1. The molecule has 2 heterocycles. The SMILES string of the molecule is Cc1noc(C)c1CC1(C)C(=O)Nc2ccc(-c3cccc(C(F)(F)F)c3)cc21. The standard InChI is InChI=1S/C22H19F3N2O2/c1-12-17(13(2)29-27-12)11-21(3)18-10-15(7-8-19(18)26-20(21)28)14-5-4-6-16(9-14)22(23,24)25/h4-10H,11H2,1-3H3,(H,26,28). The lowest BCUT2D eigenvalue weighted by atomic mass is 9.77. The zero-order valence-corrected chi connectivity index (χ0v) is 16.1. The van der Waals surface area contributed by atoms with Crippen molar-refractivity contribution in [3.8, 4) is 11.1 Å². The molecular weight excluding hydrogens is 381 g/mol. The number of benzene rings is 2. The quantitative estimate of drug-likeness (QED) is 0.638. The summed E-state index contributed by atoms with van der Waals surface area (Å²) in [5.74, 6) is 0.493. The zero-order chi connectivity index (χ0) is 21.0. The molecule has 150 valence electrons. The topological polar surface area (TPSA) is 55.1 Å². The lowest BCUT2D eigenvalue weighted by Crippen LogP contribution is -2.33. The fourth-order valence-corrected chi connectivity index (χ4v) is 3.83. The summed E-state index contributed by atoms with van der Waals surface area (Å²) in [7, 11) is 0. The van der Waals surface area contributed by atoms with Gasteiger partial charge in [0.05, 0.1) is 16.7 Å². The number of halogens is 3. The number of alkyl halides is 3. The molecule has 1 unspecified atom stereocenters. The Kier molecular flexibility index (Phi) is 4.29. The van der Waals surface area contributed by atoms with Gasteiger partial charge in [-0.1, -0.05) is 23.4 Å². The Labute approximate surface area is 165 Å². The predicted molar refractivity (Wildman–Crippen MR) is 103 cm³/mol. The highest BCUT2D eigenvalue weighted by Gasteiger charge is 2.44. The fourth-order valence-electron chi connectivity index (χ4n) is 3.83. The number of fused-ring (bicyclic) bond motifs is 1. The Bertz CT molecular complexity index is 1100. The fraction of sp³-hybridized carbons (Fsp3) is 0.273. The summed E-state index contributed by atoms with van der Waals surface area (Å²) in [5.41, 5.74) is 2.48. The number of amides is 1. The van der Waals surface area contributed by atoms with E-state index in [1.54, 1.807) is 31.2 Å². The lowest BCUT2D eigenvalue weighted by Gasteiger charge is -2.22. The van der Waals surface area contributed by atoms with Gasteiger partial charge in [-0.25, -0.2) is 0 Å². The summed E-state index contributed by atoms with van der Waals surface area (Å²) in [4.78, 5) is 12.8. The van der Waals surface area contributed by atoms with Crippen LogP contribution >= 0.6 is 0 Å². The highest BCUT2D eigenvalue weighted by molar-refractivity contribution is 6.06. The van der Waals surface area contributed by atoms with Gasteiger partial charge in [0.2, 0.25) is 5.91 Å². The van der Waals surface area contributed by atoms with E-state index in [1.165, 1.54) is 6.07 Å². The first-order chi connectivity index (χ1) is 13.6. The normalized spacial score (nSPS) is 18.6. The summed E-state index contributed by atoms with van der Waals surface area (Å²) in [6, 6.07) is 10.4. The smallest absolute Gasteiger partial charge is 0.361 e. The highest BCUT2D eigenvalue weighted by Crippen LogP contribution is 2.43. The number of carbonyl (C=O) groups excluding carboxylic acids is 1. The van der Waals surface area contributed by atoms with Crippen LogP contribution in [0.25, 0.3) is 11.1 Å². The van der Waals surface area contributed by atoms with Crippen molar-refractivity contribution in [1.82, 2.24) is 5.16 Å². The molecule has 0 aliphatic carbocycles. The van der Waals surface area contributed by atoms with Crippen LogP contribution in [0.2, 0.25) is 0 Å². The molecule has 0 saturated heterocycles. The van der Waals surface area contributed by atoms with Crippen molar-refractivity contribution in [3.05, 3.63) is 70.6 Å². The van der Waals surface area contributed by atoms with E-state index in [2.05, 4.69) is 10.5 Å². The van der Waals surface area contributed by atoms with Crippen LogP contribution in [0.5, 0.6) is 0 Å². The van der Waals surface area contributed by atoms with Crippen LogP contribution < -0.4 is 5.32 Å². The number of nitrogens with zero attached hydrogens (tertiary/aromatic N) is 1. The van der Waals surface area contributed by atoms with E-state index < -0.39 is 17.2 Å². The average molecular weight is 400 g/mol. The third kappa shape index (κ3) is 3.20. The zero-order valence-electron chi connectivity index (χ0n) is 16.1. The molecule has 0 saturated carbocycles. The van der Waals surface area contributed by atoms with Crippen LogP contribution in [-0.4, -0.2) is 11.1 Å². The molecule has 2 aromatic carbocycles. The molecule has 29 heavy (non-hydrogen) atoms. The minimum atomic E-state index is -4.41. The minimum absolute atomic E-state index is 0.159. The molecular formula is C22H19F3N2O2. The van der Waals surface area contributed by atoms with Crippen LogP contribution in [0.1, 0.15) is 35.1 Å². The van der Waals surface area contributed by atoms with E-state index in [1.807, 2.05) is 13.8 Å². The lowest BCUT2D eigenvalue weighted by molar-refractivity contribution is -0.137. The maximum atomic E-state index is 13.1. The van der Waals surface area contributed by atoms with Crippen molar-refractivity contribution in [3.63, 3.8) is 0 Å². The molecule has 0 fully saturated rings. The van der Waals surface area contributed by atoms with Gasteiger partial charge in [0.25, 0.3) is 0 Å². The van der Waals surface area contributed by atoms with Gasteiger partial charge in [-0.2, -0.15) is 13.2 Å². The molecule has 4 rings (SSSR count). The Hall–Kier alpha value is -3.09. The number of aryl methyl sites for hydroxylation is 2. The summed E-state index contributed by atoms with van der Waals surface area (Å²) >= 11 is 0. The van der Waals surface area contributed by atoms with Crippen LogP contribution in [0.4, 0.5) is 18.9 Å². The van der Waals surface area contributed by atoms with Gasteiger partial charge in [0.15, 0.2) is 0 Å². The third-order valence-electron chi connectivity index (χ3n) is 5.60. The third-order valence-corrected chi connectivity index (χ3v) is 5.60. The first-order valence-corrected chi connectivity index (χ1v) is 9.15. The second kappa shape index (κ2) is 6.47. The van der Waals surface area contributed by atoms with E-state index >= 15 is 0 Å². The van der Waals surface area contributed by atoms with Gasteiger partial charge in [0.1, 0.15) is 5.76 Å². The molecule has 0 spiro atoms. The van der Waals surface area contributed by atoms with E-state index in [4.69, 9.17) is 4.52 Å². The van der Waals surface area contributed by atoms with Crippen LogP contribution in [-0.2, 0) is 22.8 Å². The molecule has 3 aromatic rings. The van der Waals surface area contributed by atoms with Crippen molar-refractivity contribution in [1.29, 1.82) is 0 Å². The first kappa shape index (κ1) is 19.2. The van der Waals surface area contributed by atoms with Crippen LogP contribution in [0.3, 0.4) is 0 Å². The maximum absolute atomic E-state index is 13.1. The van der Waals surface area contributed by atoms with Crippen LogP contribution in [0.15, 0.2) is 47.0 Å². The second-order valence-electron chi connectivity index (χ2n) is 7.60. The van der Waals surface area contributed by atoms with Gasteiger partial charge < -0.3 is 9.84 Å². The molecule has 1 amide bonds. The Morgan fingerprint density at radius 1 is 1.10 bits per heavy atom. The maximum Gasteiger partial charge on any atom is 0.416 e. The van der Waals surface area contributed by atoms with E-state index in [0.29, 0.717) is 29.0 Å². The average Bonchev–Trinajstić information content (AvgIpc) is 3.12. The van der Waals surface area contributed by atoms with Gasteiger partial charge in [-0.15, -0.1) is 0 Å². The summed E-state index contributed by atoms with van der Waals surface area (Å²) < 4.78 is 44.5. The molecule has 1 atom stereocenters. The van der Waals surface area contributed by atoms with E-state index in [-0.39, 0.29) is 5.91 Å². The number of carbonyl (C=O) groups is 1. The van der Waals surface area contributed by atoms with E-state index in [0.717, 1.165) is 29.0 Å². The monoisotopic (exact) mass is 400 g/mol. The number of anilines is 1. The Morgan fingerprint density at radius 3 is 2.48 bits per heavy atom. The number of aromatic nitrogens is 1. The molecule has 1 aliphatic heterocycles. The van der Waals surface area contributed by atoms with Gasteiger partial charge in [-0.3, -0.25) is 4.79 Å². The summed E-state index contributed by atoms with van der Waals surface area (Å²) in [6.07, 6.45) is -4.03. The molecule has 0 bridgehead atoms. The van der Waals surface area contributed by atoms with Crippen molar-refractivity contribution in [2.24, 2.45) is 0 Å². The Morgan fingerprint density at radius 2 is 1.83 bits per heavy atom. The van der Waals surface area contributed by atoms with Gasteiger partial charge >= 0.3 is 6.18 Å². The number of hydrogen-bond donors (Lipinski definition) is 1. The van der Waals surface area contributed by atoms with Gasteiger partial charge in [-0.05, 0) is 68.1 Å². The van der Waals surface area contributed by atoms with Crippen molar-refractivity contribution in [2.45, 2.75) is 38.8 Å². The largest absolute Gasteiger partial charge is 0.416 e. The molecule has 7 heteroatoms. The Balaban J connectivity index is 1.78. The number of hydrogen-bond acceptors (Lipinski definition) is 3. The summed E-state index contributed by atoms with van der Waals surface area (Å²) in [5, 5.41) is 6.84. The molecule has 4 nitrogen and oxygen atoms in total.